The Labute approximate surface area is 198 Å². The van der Waals surface area contributed by atoms with Crippen LogP contribution in [-0.2, 0) is 9.59 Å². The molecule has 1 atom stereocenters. The third-order valence-corrected chi connectivity index (χ3v) is 5.26. The molecule has 8 heteroatoms. The highest BCUT2D eigenvalue weighted by Gasteiger charge is 2.22. The van der Waals surface area contributed by atoms with E-state index in [-0.39, 0.29) is 11.7 Å². The molecular weight excluding hydrogens is 434 g/mol. The quantitative estimate of drug-likeness (QED) is 0.393. The third kappa shape index (κ3) is 7.58. The fraction of sp³-hybridized carbons (Fsp3) is 0.308. The van der Waals surface area contributed by atoms with Crippen LogP contribution in [0, 0.1) is 0 Å². The molecule has 0 radical (unpaired) electrons. The smallest absolute Gasteiger partial charge is 0.413 e. The number of para-hydroxylation sites is 1. The summed E-state index contributed by atoms with van der Waals surface area (Å²) in [5.74, 6) is 0.742. The second-order valence-corrected chi connectivity index (χ2v) is 7.97. The molecule has 178 valence electrons. The van der Waals surface area contributed by atoms with Crippen LogP contribution in [0.2, 0.25) is 0 Å². The number of hydrogen-bond acceptors (Lipinski definition) is 6. The summed E-state index contributed by atoms with van der Waals surface area (Å²) in [7, 11) is 1.55. The molecule has 0 saturated heterocycles. The predicted octanol–water partition coefficient (Wildman–Crippen LogP) is 4.88. The minimum Gasteiger partial charge on any atom is -0.497 e. The minimum absolute atomic E-state index is 0.138. The van der Waals surface area contributed by atoms with Crippen LogP contribution in [-0.4, -0.2) is 35.9 Å². The van der Waals surface area contributed by atoms with Crippen molar-refractivity contribution in [3.63, 3.8) is 0 Å². The van der Waals surface area contributed by atoms with Crippen LogP contribution < -0.4 is 20.1 Å². The van der Waals surface area contributed by atoms with Crippen molar-refractivity contribution in [2.24, 2.45) is 0 Å². The molecule has 3 rings (SSSR count). The number of ketones is 1. The van der Waals surface area contributed by atoms with Crippen molar-refractivity contribution in [2.45, 2.75) is 45.1 Å². The Bertz CT molecular complexity index is 1130. The molecule has 0 unspecified atom stereocenters. The highest BCUT2D eigenvalue weighted by molar-refractivity contribution is 5.98. The monoisotopic (exact) mass is 463 g/mol. The summed E-state index contributed by atoms with van der Waals surface area (Å²) in [5, 5.41) is 6.39. The van der Waals surface area contributed by atoms with Crippen LogP contribution in [0.5, 0.6) is 11.5 Å². The maximum atomic E-state index is 13.0. The highest BCUT2D eigenvalue weighted by Crippen LogP contribution is 2.19. The van der Waals surface area contributed by atoms with Gasteiger partial charge in [0.2, 0.25) is 5.91 Å². The number of anilines is 1. The number of Topliss-reactive ketones (excluding diaryl/α,β-unsaturated/α-hetero) is 1. The van der Waals surface area contributed by atoms with Gasteiger partial charge in [-0.25, -0.2) is 4.79 Å². The first-order valence-corrected chi connectivity index (χ1v) is 11.2. The number of hydrogen-bond donors (Lipinski definition) is 2. The topological polar surface area (TPSA) is 107 Å². The van der Waals surface area contributed by atoms with Gasteiger partial charge in [0, 0.05) is 11.8 Å². The van der Waals surface area contributed by atoms with Gasteiger partial charge in [0.1, 0.15) is 23.3 Å². The van der Waals surface area contributed by atoms with Gasteiger partial charge in [-0.1, -0.05) is 31.0 Å². The van der Waals surface area contributed by atoms with Crippen molar-refractivity contribution < 1.29 is 23.9 Å². The van der Waals surface area contributed by atoms with E-state index in [1.165, 1.54) is 0 Å². The van der Waals surface area contributed by atoms with Crippen molar-refractivity contribution >= 4 is 34.4 Å². The fourth-order valence-electron chi connectivity index (χ4n) is 3.46. The second kappa shape index (κ2) is 12.3. The second-order valence-electron chi connectivity index (χ2n) is 7.97. The van der Waals surface area contributed by atoms with Crippen LogP contribution in [0.4, 0.5) is 10.5 Å². The van der Waals surface area contributed by atoms with Crippen LogP contribution in [0.25, 0.3) is 10.9 Å². The number of nitrogens with zero attached hydrogens (tertiary/aromatic N) is 1. The third-order valence-electron chi connectivity index (χ3n) is 5.26. The molecule has 2 amide bonds. The summed E-state index contributed by atoms with van der Waals surface area (Å²) in [6.45, 7) is 1.56. The number of ether oxygens (including phenoxy) is 2. The van der Waals surface area contributed by atoms with Crippen molar-refractivity contribution in [3.05, 3.63) is 60.8 Å². The average molecular weight is 464 g/mol. The van der Waals surface area contributed by atoms with Crippen molar-refractivity contribution in [3.8, 4) is 11.5 Å². The number of carbonyl (C=O) groups is 3. The van der Waals surface area contributed by atoms with Gasteiger partial charge in [-0.2, -0.15) is 0 Å². The first kappa shape index (κ1) is 24.7. The summed E-state index contributed by atoms with van der Waals surface area (Å²) < 4.78 is 10.4. The number of benzene rings is 2. The molecule has 34 heavy (non-hydrogen) atoms. The molecule has 2 aromatic carbocycles. The number of carbonyl (C=O) groups excluding carboxylic acids is 3. The van der Waals surface area contributed by atoms with Crippen LogP contribution >= 0.6 is 0 Å². The molecule has 0 aliphatic rings. The van der Waals surface area contributed by atoms with Gasteiger partial charge in [-0.05, 0) is 56.2 Å². The van der Waals surface area contributed by atoms with Crippen LogP contribution in [0.15, 0.2) is 60.8 Å². The van der Waals surface area contributed by atoms with Crippen LogP contribution in [0.3, 0.4) is 0 Å². The average Bonchev–Trinajstić information content (AvgIpc) is 2.83. The molecule has 8 nitrogen and oxygen atoms in total. The summed E-state index contributed by atoms with van der Waals surface area (Å²) in [6.07, 6.45) is 3.95. The van der Waals surface area contributed by atoms with E-state index in [9.17, 15) is 14.4 Å². The zero-order valence-corrected chi connectivity index (χ0v) is 19.4. The number of pyridine rings is 1. The SMILES string of the molecule is COc1ccc(OC(=O)N[C@@H](CCCCCC(C)=O)C(=O)Nc2cnc3ccccc3c2)cc1. The Morgan fingerprint density at radius 2 is 1.71 bits per heavy atom. The van der Waals surface area contributed by atoms with Gasteiger partial charge in [0.25, 0.3) is 0 Å². The predicted molar refractivity (Wildman–Crippen MR) is 130 cm³/mol. The summed E-state index contributed by atoms with van der Waals surface area (Å²) in [6, 6.07) is 15.2. The lowest BCUT2D eigenvalue weighted by atomic mass is 10.1. The molecule has 1 aromatic heterocycles. The lowest BCUT2D eigenvalue weighted by Gasteiger charge is -2.18. The highest BCUT2D eigenvalue weighted by atomic mass is 16.6. The number of aromatic nitrogens is 1. The van der Waals surface area contributed by atoms with Gasteiger partial charge < -0.3 is 24.9 Å². The van der Waals surface area contributed by atoms with E-state index in [1.54, 1.807) is 44.5 Å². The minimum atomic E-state index is -0.811. The van der Waals surface area contributed by atoms with Crippen molar-refractivity contribution in [1.82, 2.24) is 10.3 Å². The molecular formula is C26H29N3O5. The van der Waals surface area contributed by atoms with Crippen molar-refractivity contribution in [2.75, 3.05) is 12.4 Å². The molecule has 2 N–H and O–H groups in total. The zero-order chi connectivity index (χ0) is 24.3. The Morgan fingerprint density at radius 1 is 0.971 bits per heavy atom. The van der Waals surface area contributed by atoms with E-state index in [4.69, 9.17) is 9.47 Å². The van der Waals surface area contributed by atoms with E-state index in [0.717, 1.165) is 23.7 Å². The summed E-state index contributed by atoms with van der Waals surface area (Å²) in [5.41, 5.74) is 1.36. The van der Waals surface area contributed by atoms with Gasteiger partial charge in [-0.15, -0.1) is 0 Å². The lowest BCUT2D eigenvalue weighted by molar-refractivity contribution is -0.118. The molecule has 0 aliphatic carbocycles. The van der Waals surface area contributed by atoms with E-state index in [1.807, 2.05) is 30.3 Å². The van der Waals surface area contributed by atoms with Gasteiger partial charge >= 0.3 is 6.09 Å². The van der Waals surface area contributed by atoms with Crippen LogP contribution in [0.1, 0.15) is 39.0 Å². The normalized spacial score (nSPS) is 11.5. The van der Waals surface area contributed by atoms with E-state index >= 15 is 0 Å². The maximum Gasteiger partial charge on any atom is 0.413 e. The van der Waals surface area contributed by atoms with Gasteiger partial charge in [-0.3, -0.25) is 9.78 Å². The maximum absolute atomic E-state index is 13.0. The molecule has 1 heterocycles. The summed E-state index contributed by atoms with van der Waals surface area (Å²) in [4.78, 5) is 41.0. The first-order valence-electron chi connectivity index (χ1n) is 11.2. The number of methoxy groups -OCH3 is 1. The Hall–Kier alpha value is -3.94. The lowest BCUT2D eigenvalue weighted by Crippen LogP contribution is -2.45. The number of fused-ring (bicyclic) bond motifs is 1. The largest absolute Gasteiger partial charge is 0.497 e. The Kier molecular flexibility index (Phi) is 8.96. The van der Waals surface area contributed by atoms with E-state index in [2.05, 4.69) is 15.6 Å². The number of amides is 2. The van der Waals surface area contributed by atoms with Crippen molar-refractivity contribution in [1.29, 1.82) is 0 Å². The first-order chi connectivity index (χ1) is 16.4. The number of rotatable bonds is 11. The molecule has 0 saturated carbocycles. The van der Waals surface area contributed by atoms with E-state index < -0.39 is 12.1 Å². The molecule has 0 fully saturated rings. The standard InChI is InChI=1S/C26H29N3O5/c1-18(30)8-4-3-5-11-24(29-26(32)34-22-14-12-21(33-2)13-15-22)25(31)28-20-16-19-9-6-7-10-23(19)27-17-20/h6-7,9-10,12-17,24H,3-5,8,11H2,1-2H3,(H,28,31)(H,29,32)/t24-/m0/s1. The number of unbranched alkanes of at least 4 members (excludes halogenated alkanes) is 2. The van der Waals surface area contributed by atoms with Gasteiger partial charge in [0.15, 0.2) is 0 Å². The molecule has 0 bridgehead atoms. The molecule has 0 spiro atoms. The zero-order valence-electron chi connectivity index (χ0n) is 19.4. The Balaban J connectivity index is 1.64. The fourth-order valence-corrected chi connectivity index (χ4v) is 3.46. The Morgan fingerprint density at radius 3 is 2.44 bits per heavy atom. The number of nitrogens with one attached hydrogen (secondary N) is 2. The van der Waals surface area contributed by atoms with Gasteiger partial charge in [0.05, 0.1) is 24.5 Å². The summed E-state index contributed by atoms with van der Waals surface area (Å²) >= 11 is 0. The molecule has 3 aromatic rings. The molecule has 0 aliphatic heterocycles. The van der Waals surface area contributed by atoms with E-state index in [0.29, 0.717) is 36.4 Å².